The Hall–Kier alpha value is -1.31. The summed E-state index contributed by atoms with van der Waals surface area (Å²) in [6.07, 6.45) is -3.81. The number of rotatable bonds is 3. The van der Waals surface area contributed by atoms with Crippen molar-refractivity contribution in [2.24, 2.45) is 5.92 Å². The van der Waals surface area contributed by atoms with Gasteiger partial charge >= 0.3 is 6.18 Å². The van der Waals surface area contributed by atoms with Gasteiger partial charge in [0.1, 0.15) is 5.69 Å². The van der Waals surface area contributed by atoms with E-state index in [1.165, 1.54) is 17.0 Å². The number of piperidine rings is 1. The Balaban J connectivity index is 2.30. The molecule has 1 aliphatic heterocycles. The molecule has 0 amide bonds. The summed E-state index contributed by atoms with van der Waals surface area (Å²) >= 11 is 3.21. The molecule has 0 aliphatic carbocycles. The summed E-state index contributed by atoms with van der Waals surface area (Å²) in [5.41, 5.74) is 0.836. The SMILES string of the molecule is O=[N+]([O-])c1cc(CBr)ccc1N1CCCC(C(F)(F)F)C1. The molecule has 1 fully saturated rings. The van der Waals surface area contributed by atoms with Crippen LogP contribution in [0.1, 0.15) is 18.4 Å². The monoisotopic (exact) mass is 366 g/mol. The van der Waals surface area contributed by atoms with Crippen molar-refractivity contribution in [3.05, 3.63) is 33.9 Å². The maximum atomic E-state index is 12.8. The zero-order valence-corrected chi connectivity index (χ0v) is 12.7. The smallest absolute Gasteiger partial charge is 0.365 e. The van der Waals surface area contributed by atoms with E-state index in [0.29, 0.717) is 18.3 Å². The van der Waals surface area contributed by atoms with Gasteiger partial charge in [-0.2, -0.15) is 13.2 Å². The fourth-order valence-electron chi connectivity index (χ4n) is 2.53. The lowest BCUT2D eigenvalue weighted by atomic mass is 9.96. The van der Waals surface area contributed by atoms with E-state index < -0.39 is 17.0 Å². The van der Waals surface area contributed by atoms with Crippen molar-refractivity contribution in [1.82, 2.24) is 0 Å². The van der Waals surface area contributed by atoms with Gasteiger partial charge in [-0.15, -0.1) is 0 Å². The minimum Gasteiger partial charge on any atom is -0.365 e. The third-order valence-corrected chi connectivity index (χ3v) is 4.26. The van der Waals surface area contributed by atoms with Gasteiger partial charge in [0, 0.05) is 24.5 Å². The van der Waals surface area contributed by atoms with Crippen LogP contribution in [-0.4, -0.2) is 24.2 Å². The van der Waals surface area contributed by atoms with Gasteiger partial charge in [-0.05, 0) is 24.5 Å². The van der Waals surface area contributed by atoms with Crippen LogP contribution in [0.15, 0.2) is 18.2 Å². The van der Waals surface area contributed by atoms with Gasteiger partial charge in [-0.3, -0.25) is 10.1 Å². The van der Waals surface area contributed by atoms with Gasteiger partial charge in [-0.25, -0.2) is 0 Å². The molecule has 2 rings (SSSR count). The lowest BCUT2D eigenvalue weighted by Crippen LogP contribution is -2.42. The fourth-order valence-corrected chi connectivity index (χ4v) is 2.88. The van der Waals surface area contributed by atoms with Crippen LogP contribution in [0.3, 0.4) is 0 Å². The first-order chi connectivity index (χ1) is 9.82. The number of nitro benzene ring substituents is 1. The Morgan fingerprint density at radius 1 is 1.43 bits per heavy atom. The lowest BCUT2D eigenvalue weighted by molar-refractivity contribution is -0.384. The first-order valence-corrected chi connectivity index (χ1v) is 7.60. The number of benzene rings is 1. The normalized spacial score (nSPS) is 19.6. The van der Waals surface area contributed by atoms with E-state index in [1.54, 1.807) is 6.07 Å². The van der Waals surface area contributed by atoms with Gasteiger partial charge < -0.3 is 4.90 Å². The molecule has 21 heavy (non-hydrogen) atoms. The van der Waals surface area contributed by atoms with Crippen LogP contribution in [0.25, 0.3) is 0 Å². The average Bonchev–Trinajstić information content (AvgIpc) is 2.45. The summed E-state index contributed by atoms with van der Waals surface area (Å²) in [6, 6.07) is 4.63. The quantitative estimate of drug-likeness (QED) is 0.456. The first kappa shape index (κ1) is 16.1. The van der Waals surface area contributed by atoms with E-state index in [9.17, 15) is 23.3 Å². The second kappa shape index (κ2) is 6.21. The Morgan fingerprint density at radius 2 is 2.14 bits per heavy atom. The van der Waals surface area contributed by atoms with Crippen molar-refractivity contribution in [3.63, 3.8) is 0 Å². The zero-order chi connectivity index (χ0) is 15.6. The Morgan fingerprint density at radius 3 is 2.71 bits per heavy atom. The number of hydrogen-bond acceptors (Lipinski definition) is 3. The molecule has 0 radical (unpaired) electrons. The lowest BCUT2D eigenvalue weighted by Gasteiger charge is -2.35. The standard InChI is InChI=1S/C13H14BrF3N2O2/c14-7-9-3-4-11(12(6-9)19(20)21)18-5-1-2-10(8-18)13(15,16)17/h3-4,6,10H,1-2,5,7-8H2. The van der Waals surface area contributed by atoms with Crippen LogP contribution in [0.5, 0.6) is 0 Å². The number of nitro groups is 1. The summed E-state index contributed by atoms with van der Waals surface area (Å²) in [5, 5.41) is 11.6. The number of anilines is 1. The molecule has 1 unspecified atom stereocenters. The van der Waals surface area contributed by atoms with E-state index in [2.05, 4.69) is 15.9 Å². The van der Waals surface area contributed by atoms with Crippen molar-refractivity contribution in [3.8, 4) is 0 Å². The minimum absolute atomic E-state index is 0.0767. The van der Waals surface area contributed by atoms with E-state index in [0.717, 1.165) is 5.56 Å². The van der Waals surface area contributed by atoms with Gasteiger partial charge in [0.15, 0.2) is 0 Å². The Bertz CT molecular complexity index is 537. The minimum atomic E-state index is -4.26. The summed E-state index contributed by atoms with van der Waals surface area (Å²) < 4.78 is 38.5. The molecular formula is C13H14BrF3N2O2. The van der Waals surface area contributed by atoms with Crippen LogP contribution in [0.2, 0.25) is 0 Å². The summed E-state index contributed by atoms with van der Waals surface area (Å²) in [5.74, 6) is -1.43. The molecular weight excluding hydrogens is 353 g/mol. The number of halogens is 4. The molecule has 8 heteroatoms. The molecule has 0 saturated carbocycles. The van der Waals surface area contributed by atoms with Crippen molar-refractivity contribution >= 4 is 27.3 Å². The van der Waals surface area contributed by atoms with Crippen molar-refractivity contribution in [2.75, 3.05) is 18.0 Å². The molecule has 0 bridgehead atoms. The maximum absolute atomic E-state index is 12.8. The van der Waals surface area contributed by atoms with Crippen LogP contribution in [0, 0.1) is 16.0 Å². The zero-order valence-electron chi connectivity index (χ0n) is 11.1. The molecule has 0 spiro atoms. The van der Waals surface area contributed by atoms with E-state index >= 15 is 0 Å². The van der Waals surface area contributed by atoms with Crippen LogP contribution < -0.4 is 4.90 Å². The predicted octanol–water partition coefficient (Wildman–Crippen LogP) is 4.27. The molecule has 1 heterocycles. The molecule has 4 nitrogen and oxygen atoms in total. The van der Waals surface area contributed by atoms with Crippen LogP contribution >= 0.6 is 15.9 Å². The third kappa shape index (κ3) is 3.66. The molecule has 1 aliphatic rings. The first-order valence-electron chi connectivity index (χ1n) is 6.48. The van der Waals surface area contributed by atoms with Crippen LogP contribution in [0.4, 0.5) is 24.5 Å². The molecule has 116 valence electrons. The van der Waals surface area contributed by atoms with Gasteiger partial charge in [0.25, 0.3) is 5.69 Å². The molecule has 1 atom stereocenters. The molecule has 1 aromatic carbocycles. The van der Waals surface area contributed by atoms with E-state index in [-0.39, 0.29) is 24.3 Å². The van der Waals surface area contributed by atoms with E-state index in [1.807, 2.05) is 0 Å². The van der Waals surface area contributed by atoms with Gasteiger partial charge in [-0.1, -0.05) is 22.0 Å². The van der Waals surface area contributed by atoms with Crippen molar-refractivity contribution in [1.29, 1.82) is 0 Å². The average molecular weight is 367 g/mol. The highest BCUT2D eigenvalue weighted by Crippen LogP contribution is 2.37. The van der Waals surface area contributed by atoms with Gasteiger partial charge in [0.2, 0.25) is 0 Å². The largest absolute Gasteiger partial charge is 0.393 e. The maximum Gasteiger partial charge on any atom is 0.393 e. The summed E-state index contributed by atoms with van der Waals surface area (Å²) in [4.78, 5) is 12.1. The van der Waals surface area contributed by atoms with Crippen LogP contribution in [-0.2, 0) is 5.33 Å². The summed E-state index contributed by atoms with van der Waals surface area (Å²) in [7, 11) is 0. The number of alkyl halides is 4. The number of nitrogens with zero attached hydrogens (tertiary/aromatic N) is 2. The van der Waals surface area contributed by atoms with Crippen molar-refractivity contribution < 1.29 is 18.1 Å². The topological polar surface area (TPSA) is 46.4 Å². The summed E-state index contributed by atoms with van der Waals surface area (Å²) in [6.45, 7) is 0.180. The highest BCUT2D eigenvalue weighted by molar-refractivity contribution is 9.08. The Kier molecular flexibility index (Phi) is 4.75. The second-order valence-electron chi connectivity index (χ2n) is 5.04. The highest BCUT2D eigenvalue weighted by atomic mass is 79.9. The molecule has 0 aromatic heterocycles. The fraction of sp³-hybridized carbons (Fsp3) is 0.538. The highest BCUT2D eigenvalue weighted by Gasteiger charge is 2.42. The molecule has 0 N–H and O–H groups in total. The molecule has 1 aromatic rings. The third-order valence-electron chi connectivity index (χ3n) is 3.62. The second-order valence-corrected chi connectivity index (χ2v) is 5.60. The predicted molar refractivity (Wildman–Crippen MR) is 76.7 cm³/mol. The number of hydrogen-bond donors (Lipinski definition) is 0. The Labute approximate surface area is 128 Å². The van der Waals surface area contributed by atoms with E-state index in [4.69, 9.17) is 0 Å². The van der Waals surface area contributed by atoms with Gasteiger partial charge in [0.05, 0.1) is 10.8 Å². The molecule has 1 saturated heterocycles. The van der Waals surface area contributed by atoms with Crippen molar-refractivity contribution in [2.45, 2.75) is 24.3 Å².